The molecule has 0 spiro atoms. The molecule has 0 atom stereocenters. The van der Waals surface area contributed by atoms with E-state index in [4.69, 9.17) is 4.74 Å². The van der Waals surface area contributed by atoms with Gasteiger partial charge in [0.15, 0.2) is 11.6 Å². The number of allylic oxidation sites excluding steroid dienone is 1. The highest BCUT2D eigenvalue weighted by molar-refractivity contribution is 6.18. The molecule has 0 fully saturated rings. The van der Waals surface area contributed by atoms with Gasteiger partial charge in [0.05, 0.1) is 18.4 Å². The molecule has 1 heterocycles. The van der Waals surface area contributed by atoms with Crippen molar-refractivity contribution in [2.45, 2.75) is 6.92 Å². The number of ether oxygens (including phenoxy) is 1. The van der Waals surface area contributed by atoms with Crippen molar-refractivity contribution in [1.29, 1.82) is 0 Å². The lowest BCUT2D eigenvalue weighted by Crippen LogP contribution is -2.11. The summed E-state index contributed by atoms with van der Waals surface area (Å²) in [7, 11) is 5.28. The fraction of sp³-hybridized carbons (Fsp3) is 0.286. The molecule has 0 aliphatic rings. The molecular formula is C14H17N5O2. The zero-order chi connectivity index (χ0) is 15.4. The Morgan fingerprint density at radius 2 is 1.95 bits per heavy atom. The van der Waals surface area contributed by atoms with Crippen molar-refractivity contribution in [3.8, 4) is 11.4 Å². The topological polar surface area (TPSA) is 73.1 Å². The standard InChI is InChI=1S/C14H17N5O2/c1-10(20)13(9-18(2)3)14-15-16-17-19(14)11-5-7-12(21-4)8-6-11/h5-9H,1-4H3/b13-9+. The van der Waals surface area contributed by atoms with Crippen LogP contribution in [0, 0.1) is 0 Å². The Bertz CT molecular complexity index is 658. The molecule has 7 heteroatoms. The second kappa shape index (κ2) is 6.17. The van der Waals surface area contributed by atoms with E-state index in [1.165, 1.54) is 11.6 Å². The molecule has 2 aromatic rings. The first-order valence-electron chi connectivity index (χ1n) is 6.35. The van der Waals surface area contributed by atoms with E-state index in [-0.39, 0.29) is 5.78 Å². The summed E-state index contributed by atoms with van der Waals surface area (Å²) in [4.78, 5) is 13.6. The lowest BCUT2D eigenvalue weighted by molar-refractivity contribution is -0.111. The van der Waals surface area contributed by atoms with Crippen LogP contribution in [-0.2, 0) is 4.79 Å². The van der Waals surface area contributed by atoms with Gasteiger partial charge in [-0.2, -0.15) is 4.68 Å². The second-order valence-electron chi connectivity index (χ2n) is 4.67. The van der Waals surface area contributed by atoms with Gasteiger partial charge in [-0.1, -0.05) is 0 Å². The Morgan fingerprint density at radius 3 is 2.48 bits per heavy atom. The second-order valence-corrected chi connectivity index (χ2v) is 4.67. The maximum Gasteiger partial charge on any atom is 0.192 e. The van der Waals surface area contributed by atoms with E-state index in [0.717, 1.165) is 11.4 Å². The quantitative estimate of drug-likeness (QED) is 0.768. The summed E-state index contributed by atoms with van der Waals surface area (Å²) in [6.45, 7) is 1.49. The molecule has 0 amide bonds. The molecule has 0 saturated carbocycles. The summed E-state index contributed by atoms with van der Waals surface area (Å²) in [5.74, 6) is 1.04. The molecule has 2 rings (SSSR count). The monoisotopic (exact) mass is 287 g/mol. The van der Waals surface area contributed by atoms with Crippen molar-refractivity contribution in [3.63, 3.8) is 0 Å². The van der Waals surface area contributed by atoms with Gasteiger partial charge in [-0.25, -0.2) is 0 Å². The molecule has 0 bridgehead atoms. The summed E-state index contributed by atoms with van der Waals surface area (Å²) in [5.41, 5.74) is 1.20. The third-order valence-corrected chi connectivity index (χ3v) is 2.79. The van der Waals surface area contributed by atoms with Crippen molar-refractivity contribution in [3.05, 3.63) is 36.3 Å². The molecule has 0 aliphatic heterocycles. The number of carbonyl (C=O) groups excluding carboxylic acids is 1. The number of rotatable bonds is 5. The van der Waals surface area contributed by atoms with Gasteiger partial charge in [0, 0.05) is 20.3 Å². The van der Waals surface area contributed by atoms with Crippen molar-refractivity contribution in [1.82, 2.24) is 25.1 Å². The van der Waals surface area contributed by atoms with Crippen LogP contribution in [0.5, 0.6) is 5.75 Å². The minimum atomic E-state index is -0.103. The smallest absolute Gasteiger partial charge is 0.192 e. The van der Waals surface area contributed by atoms with Gasteiger partial charge in [0.1, 0.15) is 5.75 Å². The van der Waals surface area contributed by atoms with Crippen LogP contribution in [-0.4, -0.2) is 52.1 Å². The molecule has 0 radical (unpaired) electrons. The van der Waals surface area contributed by atoms with E-state index in [1.54, 1.807) is 18.2 Å². The third-order valence-electron chi connectivity index (χ3n) is 2.79. The Hall–Kier alpha value is -2.70. The van der Waals surface area contributed by atoms with Crippen LogP contribution < -0.4 is 4.74 Å². The lowest BCUT2D eigenvalue weighted by Gasteiger charge is -2.10. The largest absolute Gasteiger partial charge is 0.497 e. The molecule has 1 aromatic carbocycles. The van der Waals surface area contributed by atoms with Gasteiger partial charge in [0.25, 0.3) is 0 Å². The van der Waals surface area contributed by atoms with E-state index in [1.807, 2.05) is 38.4 Å². The van der Waals surface area contributed by atoms with Gasteiger partial charge < -0.3 is 9.64 Å². The number of ketones is 1. The number of nitrogens with zero attached hydrogens (tertiary/aromatic N) is 5. The summed E-state index contributed by atoms with van der Waals surface area (Å²) in [6, 6.07) is 7.27. The van der Waals surface area contributed by atoms with E-state index in [9.17, 15) is 4.79 Å². The molecule has 0 N–H and O–H groups in total. The Balaban J connectivity index is 2.48. The number of carbonyl (C=O) groups is 1. The lowest BCUT2D eigenvalue weighted by atomic mass is 10.2. The van der Waals surface area contributed by atoms with Crippen LogP contribution in [0.25, 0.3) is 11.3 Å². The zero-order valence-corrected chi connectivity index (χ0v) is 12.4. The Labute approximate surface area is 122 Å². The Morgan fingerprint density at radius 1 is 1.29 bits per heavy atom. The van der Waals surface area contributed by atoms with E-state index in [0.29, 0.717) is 11.4 Å². The van der Waals surface area contributed by atoms with E-state index >= 15 is 0 Å². The molecule has 0 saturated heterocycles. The first-order valence-corrected chi connectivity index (χ1v) is 6.35. The average Bonchev–Trinajstić information content (AvgIpc) is 2.93. The van der Waals surface area contributed by atoms with Crippen LogP contribution >= 0.6 is 0 Å². The van der Waals surface area contributed by atoms with E-state index in [2.05, 4.69) is 15.5 Å². The fourth-order valence-electron chi connectivity index (χ4n) is 1.82. The van der Waals surface area contributed by atoms with E-state index < -0.39 is 0 Å². The molecule has 0 unspecified atom stereocenters. The maximum atomic E-state index is 11.8. The van der Waals surface area contributed by atoms with Crippen molar-refractivity contribution in [2.24, 2.45) is 0 Å². The summed E-state index contributed by atoms with van der Waals surface area (Å²) < 4.78 is 6.65. The number of benzene rings is 1. The van der Waals surface area contributed by atoms with Crippen molar-refractivity contribution >= 4 is 11.4 Å². The predicted octanol–water partition coefficient (Wildman–Crippen LogP) is 1.16. The minimum absolute atomic E-state index is 0.103. The molecule has 7 nitrogen and oxygen atoms in total. The molecule has 1 aromatic heterocycles. The number of methoxy groups -OCH3 is 1. The SMILES string of the molecule is COc1ccc(-n2nnnc2/C(=C/N(C)C)C(C)=O)cc1. The molecule has 110 valence electrons. The zero-order valence-electron chi connectivity index (χ0n) is 12.4. The summed E-state index contributed by atoms with van der Waals surface area (Å²) >= 11 is 0. The molecule has 0 aliphatic carbocycles. The number of Topliss-reactive ketones (excluding diaryl/α,β-unsaturated/α-hetero) is 1. The maximum absolute atomic E-state index is 11.8. The summed E-state index contributed by atoms with van der Waals surface area (Å²) in [5, 5.41) is 11.6. The van der Waals surface area contributed by atoms with Gasteiger partial charge in [-0.05, 0) is 41.6 Å². The van der Waals surface area contributed by atoms with Gasteiger partial charge in [-0.15, -0.1) is 5.10 Å². The third kappa shape index (κ3) is 3.25. The van der Waals surface area contributed by atoms with Crippen molar-refractivity contribution < 1.29 is 9.53 Å². The Kier molecular flexibility index (Phi) is 4.32. The average molecular weight is 287 g/mol. The highest BCUT2D eigenvalue weighted by atomic mass is 16.5. The van der Waals surface area contributed by atoms with Crippen LogP contribution in [0.1, 0.15) is 12.7 Å². The van der Waals surface area contributed by atoms with Crippen molar-refractivity contribution in [2.75, 3.05) is 21.2 Å². The first kappa shape index (κ1) is 14.7. The van der Waals surface area contributed by atoms with Crippen LogP contribution in [0.3, 0.4) is 0 Å². The number of hydrogen-bond donors (Lipinski definition) is 0. The number of aromatic nitrogens is 4. The van der Waals surface area contributed by atoms with Crippen LogP contribution in [0.4, 0.5) is 0 Å². The predicted molar refractivity (Wildman–Crippen MR) is 78.1 cm³/mol. The number of hydrogen-bond acceptors (Lipinski definition) is 6. The van der Waals surface area contributed by atoms with Crippen LogP contribution in [0.15, 0.2) is 30.5 Å². The first-order chi connectivity index (χ1) is 10.0. The van der Waals surface area contributed by atoms with Gasteiger partial charge in [-0.3, -0.25) is 4.79 Å². The van der Waals surface area contributed by atoms with Gasteiger partial charge >= 0.3 is 0 Å². The highest BCUT2D eigenvalue weighted by Crippen LogP contribution is 2.19. The highest BCUT2D eigenvalue weighted by Gasteiger charge is 2.17. The normalized spacial score (nSPS) is 11.3. The summed E-state index contributed by atoms with van der Waals surface area (Å²) in [6.07, 6.45) is 1.70. The van der Waals surface area contributed by atoms with Gasteiger partial charge in [0.2, 0.25) is 0 Å². The number of tetrazole rings is 1. The molecule has 21 heavy (non-hydrogen) atoms. The molecular weight excluding hydrogens is 270 g/mol. The fourth-order valence-corrected chi connectivity index (χ4v) is 1.82. The minimum Gasteiger partial charge on any atom is -0.497 e. The van der Waals surface area contributed by atoms with Crippen LogP contribution in [0.2, 0.25) is 0 Å².